The molecule has 1 heterocycles. The minimum atomic E-state index is 0.712. The number of rotatable bonds is 5. The smallest absolute Gasteiger partial charge is 0.226 e. The number of para-hydroxylation sites is 1. The predicted octanol–water partition coefficient (Wildman–Crippen LogP) is 2.81. The van der Waals surface area contributed by atoms with Crippen LogP contribution in [0, 0.1) is 0 Å². The normalized spacial score (nSPS) is 10.1. The van der Waals surface area contributed by atoms with Crippen LogP contribution in [0.15, 0.2) is 55.8 Å². The zero-order valence-electron chi connectivity index (χ0n) is 9.71. The van der Waals surface area contributed by atoms with Crippen molar-refractivity contribution in [1.82, 2.24) is 9.97 Å². The molecule has 0 saturated heterocycles. The Morgan fingerprint density at radius 1 is 1.12 bits per heavy atom. The Kier molecular flexibility index (Phi) is 3.50. The van der Waals surface area contributed by atoms with E-state index in [2.05, 4.69) is 23.1 Å². The minimum Gasteiger partial charge on any atom is -0.333 e. The molecule has 0 amide bonds. The van der Waals surface area contributed by atoms with Gasteiger partial charge in [-0.25, -0.2) is 9.97 Å². The van der Waals surface area contributed by atoms with E-state index in [0.29, 0.717) is 19.0 Å². The van der Waals surface area contributed by atoms with Crippen molar-refractivity contribution in [2.24, 2.45) is 0 Å². The largest absolute Gasteiger partial charge is 0.333 e. The summed E-state index contributed by atoms with van der Waals surface area (Å²) in [7, 11) is 0. The first-order valence-corrected chi connectivity index (χ1v) is 5.53. The Balaban J connectivity index is 2.39. The summed E-state index contributed by atoms with van der Waals surface area (Å²) in [6.45, 7) is 8.90. The van der Waals surface area contributed by atoms with E-state index >= 15 is 0 Å². The van der Waals surface area contributed by atoms with Crippen LogP contribution in [-0.4, -0.2) is 23.1 Å². The molecule has 2 rings (SSSR count). The first-order valence-electron chi connectivity index (χ1n) is 5.53. The number of benzene rings is 1. The molecule has 2 aromatic rings. The molecule has 0 bridgehead atoms. The van der Waals surface area contributed by atoms with Crippen LogP contribution in [0.1, 0.15) is 0 Å². The lowest BCUT2D eigenvalue weighted by atomic mass is 10.2. The van der Waals surface area contributed by atoms with Crippen molar-refractivity contribution in [1.29, 1.82) is 0 Å². The summed E-state index contributed by atoms with van der Waals surface area (Å²) in [5.74, 6) is 0.712. The molecular formula is C14H15N3. The Labute approximate surface area is 101 Å². The summed E-state index contributed by atoms with van der Waals surface area (Å²) in [5, 5.41) is 1.05. The third-order valence-electron chi connectivity index (χ3n) is 2.46. The van der Waals surface area contributed by atoms with Gasteiger partial charge in [-0.15, -0.1) is 13.2 Å². The van der Waals surface area contributed by atoms with Crippen LogP contribution in [0.5, 0.6) is 0 Å². The zero-order chi connectivity index (χ0) is 12.1. The molecule has 0 N–H and O–H groups in total. The second-order valence-corrected chi connectivity index (χ2v) is 3.71. The summed E-state index contributed by atoms with van der Waals surface area (Å²) < 4.78 is 0. The van der Waals surface area contributed by atoms with Crippen molar-refractivity contribution < 1.29 is 0 Å². The Bertz CT molecular complexity index is 524. The monoisotopic (exact) mass is 225 g/mol. The standard InChI is InChI=1S/C14H15N3/c1-3-9-17(10-4-2)14-15-11-12-7-5-6-8-13(12)16-14/h3-8,11H,1-2,9-10H2. The van der Waals surface area contributed by atoms with Gasteiger partial charge in [-0.3, -0.25) is 0 Å². The maximum Gasteiger partial charge on any atom is 0.226 e. The molecule has 1 aromatic heterocycles. The highest BCUT2D eigenvalue weighted by Crippen LogP contribution is 2.14. The maximum absolute atomic E-state index is 4.53. The molecule has 86 valence electrons. The maximum atomic E-state index is 4.53. The van der Waals surface area contributed by atoms with Gasteiger partial charge in [-0.2, -0.15) is 0 Å². The lowest BCUT2D eigenvalue weighted by molar-refractivity contribution is 0.898. The van der Waals surface area contributed by atoms with Crippen LogP contribution in [0.4, 0.5) is 5.95 Å². The fourth-order valence-electron chi connectivity index (χ4n) is 1.66. The van der Waals surface area contributed by atoms with Gasteiger partial charge in [0.15, 0.2) is 0 Å². The summed E-state index contributed by atoms with van der Waals surface area (Å²) in [6.07, 6.45) is 5.51. The van der Waals surface area contributed by atoms with Crippen molar-refractivity contribution in [2.75, 3.05) is 18.0 Å². The van der Waals surface area contributed by atoms with E-state index in [0.717, 1.165) is 10.9 Å². The van der Waals surface area contributed by atoms with E-state index in [1.165, 1.54) is 0 Å². The topological polar surface area (TPSA) is 29.0 Å². The lowest BCUT2D eigenvalue weighted by Gasteiger charge is -2.19. The van der Waals surface area contributed by atoms with Crippen molar-refractivity contribution in [3.63, 3.8) is 0 Å². The van der Waals surface area contributed by atoms with Gasteiger partial charge in [-0.05, 0) is 6.07 Å². The molecule has 0 radical (unpaired) electrons. The minimum absolute atomic E-state index is 0.712. The SMILES string of the molecule is C=CCN(CC=C)c1ncc2ccccc2n1. The number of hydrogen-bond donors (Lipinski definition) is 0. The molecule has 0 spiro atoms. The third-order valence-corrected chi connectivity index (χ3v) is 2.46. The third kappa shape index (κ3) is 2.50. The number of anilines is 1. The molecule has 0 aliphatic carbocycles. The molecule has 17 heavy (non-hydrogen) atoms. The summed E-state index contributed by atoms with van der Waals surface area (Å²) in [5.41, 5.74) is 0.954. The van der Waals surface area contributed by atoms with Crippen LogP contribution in [0.2, 0.25) is 0 Å². The number of fused-ring (bicyclic) bond motifs is 1. The first kappa shape index (κ1) is 11.3. The summed E-state index contributed by atoms with van der Waals surface area (Å²) in [4.78, 5) is 10.9. The van der Waals surface area contributed by atoms with Crippen molar-refractivity contribution >= 4 is 16.9 Å². The Morgan fingerprint density at radius 2 is 1.82 bits per heavy atom. The van der Waals surface area contributed by atoms with Crippen molar-refractivity contribution in [3.8, 4) is 0 Å². The van der Waals surface area contributed by atoms with Crippen LogP contribution >= 0.6 is 0 Å². The highest BCUT2D eigenvalue weighted by Gasteiger charge is 2.06. The predicted molar refractivity (Wildman–Crippen MR) is 72.1 cm³/mol. The van der Waals surface area contributed by atoms with Gasteiger partial charge in [0.25, 0.3) is 0 Å². The fraction of sp³-hybridized carbons (Fsp3) is 0.143. The van der Waals surface area contributed by atoms with Gasteiger partial charge in [0.2, 0.25) is 5.95 Å². The van der Waals surface area contributed by atoms with E-state index in [1.54, 1.807) is 0 Å². The molecule has 1 aromatic carbocycles. The molecule has 3 heteroatoms. The molecule has 0 unspecified atom stereocenters. The van der Waals surface area contributed by atoms with Gasteiger partial charge in [-0.1, -0.05) is 30.4 Å². The van der Waals surface area contributed by atoms with E-state index in [4.69, 9.17) is 0 Å². The van der Waals surface area contributed by atoms with Gasteiger partial charge in [0.1, 0.15) is 0 Å². The van der Waals surface area contributed by atoms with E-state index in [1.807, 2.05) is 47.5 Å². The molecule has 0 fully saturated rings. The van der Waals surface area contributed by atoms with Crippen molar-refractivity contribution in [2.45, 2.75) is 0 Å². The average Bonchev–Trinajstić information content (AvgIpc) is 2.38. The molecule has 0 atom stereocenters. The highest BCUT2D eigenvalue weighted by atomic mass is 15.2. The second kappa shape index (κ2) is 5.25. The molecule has 0 aliphatic heterocycles. The van der Waals surface area contributed by atoms with E-state index in [-0.39, 0.29) is 0 Å². The van der Waals surface area contributed by atoms with Gasteiger partial charge in [0.05, 0.1) is 5.52 Å². The van der Waals surface area contributed by atoms with Crippen LogP contribution in [0.3, 0.4) is 0 Å². The van der Waals surface area contributed by atoms with Crippen molar-refractivity contribution in [3.05, 3.63) is 55.8 Å². The molecule has 3 nitrogen and oxygen atoms in total. The second-order valence-electron chi connectivity index (χ2n) is 3.71. The van der Waals surface area contributed by atoms with Crippen LogP contribution in [0.25, 0.3) is 10.9 Å². The van der Waals surface area contributed by atoms with Gasteiger partial charge >= 0.3 is 0 Å². The van der Waals surface area contributed by atoms with E-state index in [9.17, 15) is 0 Å². The molecular weight excluding hydrogens is 210 g/mol. The van der Waals surface area contributed by atoms with Gasteiger partial charge in [0, 0.05) is 24.7 Å². The molecule has 0 aliphatic rings. The summed E-state index contributed by atoms with van der Waals surface area (Å²) in [6, 6.07) is 7.95. The van der Waals surface area contributed by atoms with Gasteiger partial charge < -0.3 is 4.90 Å². The average molecular weight is 225 g/mol. The quantitative estimate of drug-likeness (QED) is 0.733. The molecule has 0 saturated carbocycles. The summed E-state index contributed by atoms with van der Waals surface area (Å²) >= 11 is 0. The number of nitrogens with zero attached hydrogens (tertiary/aromatic N) is 3. The fourth-order valence-corrected chi connectivity index (χ4v) is 1.66. The van der Waals surface area contributed by atoms with E-state index < -0.39 is 0 Å². The highest BCUT2D eigenvalue weighted by molar-refractivity contribution is 5.78. The zero-order valence-corrected chi connectivity index (χ0v) is 9.71. The lowest BCUT2D eigenvalue weighted by Crippen LogP contribution is -2.25. The Hall–Kier alpha value is -2.16. The number of hydrogen-bond acceptors (Lipinski definition) is 3. The van der Waals surface area contributed by atoms with Crippen LogP contribution in [-0.2, 0) is 0 Å². The Morgan fingerprint density at radius 3 is 2.53 bits per heavy atom. The van der Waals surface area contributed by atoms with Crippen LogP contribution < -0.4 is 4.90 Å². The number of aromatic nitrogens is 2. The first-order chi connectivity index (χ1) is 8.35.